The molecule has 4 heterocycles. The fourth-order valence-electron chi connectivity index (χ4n) is 3.46. The summed E-state index contributed by atoms with van der Waals surface area (Å²) in [6.07, 6.45) is 8.67. The lowest BCUT2D eigenvalue weighted by molar-refractivity contribution is -0.126. The predicted molar refractivity (Wildman–Crippen MR) is 104 cm³/mol. The highest BCUT2D eigenvalue weighted by Gasteiger charge is 2.39. The molecule has 9 nitrogen and oxygen atoms in total. The lowest BCUT2D eigenvalue weighted by atomic mass is 10.0. The SMILES string of the molecule is Cc1cnc(CNC(=O)C2c3c(ncn3C)CCN2C(=O)c2cccnc2)cn1. The minimum Gasteiger partial charge on any atom is -0.348 e. The van der Waals surface area contributed by atoms with Crippen molar-refractivity contribution in [2.75, 3.05) is 6.54 Å². The van der Waals surface area contributed by atoms with Gasteiger partial charge in [-0.05, 0) is 19.1 Å². The second-order valence-corrected chi connectivity index (χ2v) is 6.95. The normalized spacial score (nSPS) is 15.7. The number of aryl methyl sites for hydroxylation is 2. The summed E-state index contributed by atoms with van der Waals surface area (Å²) in [7, 11) is 1.83. The number of rotatable bonds is 4. The van der Waals surface area contributed by atoms with Gasteiger partial charge < -0.3 is 14.8 Å². The zero-order chi connectivity index (χ0) is 20.4. The number of carbonyl (C=O) groups is 2. The molecule has 4 rings (SSSR count). The van der Waals surface area contributed by atoms with Crippen LogP contribution in [0.5, 0.6) is 0 Å². The van der Waals surface area contributed by atoms with Crippen molar-refractivity contribution in [1.29, 1.82) is 0 Å². The minimum atomic E-state index is -0.780. The van der Waals surface area contributed by atoms with Gasteiger partial charge >= 0.3 is 0 Å². The van der Waals surface area contributed by atoms with Crippen LogP contribution in [0.2, 0.25) is 0 Å². The summed E-state index contributed by atoms with van der Waals surface area (Å²) < 4.78 is 1.80. The van der Waals surface area contributed by atoms with E-state index >= 15 is 0 Å². The molecule has 1 atom stereocenters. The van der Waals surface area contributed by atoms with Crippen molar-refractivity contribution in [3.63, 3.8) is 0 Å². The van der Waals surface area contributed by atoms with Crippen molar-refractivity contribution >= 4 is 11.8 Å². The fraction of sp³-hybridized carbons (Fsp3) is 0.300. The van der Waals surface area contributed by atoms with Crippen LogP contribution in [0.4, 0.5) is 0 Å². The maximum Gasteiger partial charge on any atom is 0.256 e. The summed E-state index contributed by atoms with van der Waals surface area (Å²) in [4.78, 5) is 44.8. The molecule has 1 N–H and O–H groups in total. The van der Waals surface area contributed by atoms with Gasteiger partial charge in [-0.15, -0.1) is 0 Å². The molecule has 0 fully saturated rings. The Morgan fingerprint density at radius 2 is 2.07 bits per heavy atom. The number of nitrogens with zero attached hydrogens (tertiary/aromatic N) is 6. The lowest BCUT2D eigenvalue weighted by Gasteiger charge is -2.35. The molecule has 0 aliphatic carbocycles. The molecule has 9 heteroatoms. The Hall–Kier alpha value is -3.62. The number of pyridine rings is 1. The number of aromatic nitrogens is 5. The largest absolute Gasteiger partial charge is 0.348 e. The highest BCUT2D eigenvalue weighted by molar-refractivity contribution is 5.98. The smallest absolute Gasteiger partial charge is 0.256 e. The van der Waals surface area contributed by atoms with Gasteiger partial charge in [-0.25, -0.2) is 4.98 Å². The Balaban J connectivity index is 1.61. The molecule has 3 aromatic heterocycles. The maximum absolute atomic E-state index is 13.2. The number of carbonyl (C=O) groups excluding carboxylic acids is 2. The van der Waals surface area contributed by atoms with Crippen LogP contribution < -0.4 is 5.32 Å². The molecule has 0 bridgehead atoms. The molecule has 1 aliphatic rings. The van der Waals surface area contributed by atoms with Crippen LogP contribution in [0.1, 0.15) is 39.2 Å². The summed E-state index contributed by atoms with van der Waals surface area (Å²) in [6, 6.07) is 2.63. The predicted octanol–water partition coefficient (Wildman–Crippen LogP) is 0.970. The standard InChI is InChI=1S/C20H21N7O2/c1-13-8-23-15(10-22-13)11-24-19(28)18-17-16(25-12-26(17)2)5-7-27(18)20(29)14-4-3-6-21-9-14/h3-4,6,8-10,12,18H,5,7,11H2,1-2H3,(H,24,28). The van der Waals surface area contributed by atoms with Crippen molar-refractivity contribution in [2.45, 2.75) is 25.9 Å². The van der Waals surface area contributed by atoms with E-state index in [-0.39, 0.29) is 18.4 Å². The summed E-state index contributed by atoms with van der Waals surface area (Å²) in [5, 5.41) is 2.89. The third-order valence-corrected chi connectivity index (χ3v) is 4.92. The van der Waals surface area contributed by atoms with E-state index in [2.05, 4.69) is 25.3 Å². The molecule has 0 aromatic carbocycles. The molecule has 29 heavy (non-hydrogen) atoms. The highest BCUT2D eigenvalue weighted by Crippen LogP contribution is 2.30. The first-order valence-electron chi connectivity index (χ1n) is 9.31. The molecule has 0 spiro atoms. The average Bonchev–Trinajstić information content (AvgIpc) is 3.13. The monoisotopic (exact) mass is 391 g/mol. The van der Waals surface area contributed by atoms with E-state index in [1.54, 1.807) is 46.5 Å². The van der Waals surface area contributed by atoms with Crippen molar-refractivity contribution in [3.05, 3.63) is 71.6 Å². The van der Waals surface area contributed by atoms with E-state index < -0.39 is 6.04 Å². The Labute approximate surface area is 167 Å². The second-order valence-electron chi connectivity index (χ2n) is 6.95. The van der Waals surface area contributed by atoms with Gasteiger partial charge in [0.15, 0.2) is 6.04 Å². The van der Waals surface area contributed by atoms with Crippen molar-refractivity contribution in [1.82, 2.24) is 34.7 Å². The van der Waals surface area contributed by atoms with Crippen LogP contribution >= 0.6 is 0 Å². The number of nitrogens with one attached hydrogen (secondary N) is 1. The van der Waals surface area contributed by atoms with Gasteiger partial charge in [0.25, 0.3) is 5.91 Å². The van der Waals surface area contributed by atoms with Gasteiger partial charge in [0.05, 0.1) is 47.4 Å². The third-order valence-electron chi connectivity index (χ3n) is 4.92. The first-order valence-corrected chi connectivity index (χ1v) is 9.31. The quantitative estimate of drug-likeness (QED) is 0.710. The number of amides is 2. The van der Waals surface area contributed by atoms with E-state index in [1.165, 1.54) is 6.20 Å². The van der Waals surface area contributed by atoms with Gasteiger partial charge in [-0.2, -0.15) is 0 Å². The molecule has 1 unspecified atom stereocenters. The topological polar surface area (TPSA) is 106 Å². The Kier molecular flexibility index (Phi) is 5.03. The summed E-state index contributed by atoms with van der Waals surface area (Å²) in [5.41, 5.74) is 3.45. The van der Waals surface area contributed by atoms with E-state index in [9.17, 15) is 9.59 Å². The third kappa shape index (κ3) is 3.71. The first-order chi connectivity index (χ1) is 14.0. The van der Waals surface area contributed by atoms with Gasteiger partial charge in [0.1, 0.15) is 0 Å². The summed E-state index contributed by atoms with van der Waals surface area (Å²) in [6.45, 7) is 2.48. The number of hydrogen-bond acceptors (Lipinski definition) is 6. The van der Waals surface area contributed by atoms with E-state index in [1.807, 2.05) is 14.0 Å². The Bertz CT molecular complexity index is 1030. The zero-order valence-electron chi connectivity index (χ0n) is 16.2. The van der Waals surface area contributed by atoms with Crippen LogP contribution in [-0.4, -0.2) is 47.8 Å². The lowest BCUT2D eigenvalue weighted by Crippen LogP contribution is -2.47. The molecule has 0 saturated heterocycles. The Morgan fingerprint density at radius 1 is 1.21 bits per heavy atom. The molecule has 0 radical (unpaired) electrons. The molecule has 0 saturated carbocycles. The second kappa shape index (κ2) is 7.78. The zero-order valence-corrected chi connectivity index (χ0v) is 16.2. The summed E-state index contributed by atoms with van der Waals surface area (Å²) >= 11 is 0. The molecule has 3 aromatic rings. The van der Waals surface area contributed by atoms with E-state index in [4.69, 9.17) is 0 Å². The molecule has 1 aliphatic heterocycles. The van der Waals surface area contributed by atoms with Crippen LogP contribution in [0.25, 0.3) is 0 Å². The van der Waals surface area contributed by atoms with Crippen LogP contribution in [0.3, 0.4) is 0 Å². The van der Waals surface area contributed by atoms with Crippen LogP contribution in [0.15, 0.2) is 43.2 Å². The number of fused-ring (bicyclic) bond motifs is 1. The molecule has 148 valence electrons. The van der Waals surface area contributed by atoms with Crippen molar-refractivity contribution in [3.8, 4) is 0 Å². The van der Waals surface area contributed by atoms with Crippen LogP contribution in [-0.2, 0) is 24.8 Å². The van der Waals surface area contributed by atoms with Crippen molar-refractivity contribution in [2.24, 2.45) is 7.05 Å². The summed E-state index contributed by atoms with van der Waals surface area (Å²) in [5.74, 6) is -0.519. The van der Waals surface area contributed by atoms with E-state index in [0.29, 0.717) is 24.2 Å². The van der Waals surface area contributed by atoms with Gasteiger partial charge in [-0.1, -0.05) is 0 Å². The van der Waals surface area contributed by atoms with Crippen LogP contribution in [0, 0.1) is 6.92 Å². The molecule has 2 amide bonds. The van der Waals surface area contributed by atoms with Gasteiger partial charge in [0, 0.05) is 38.6 Å². The number of hydrogen-bond donors (Lipinski definition) is 1. The molecular weight excluding hydrogens is 370 g/mol. The fourth-order valence-corrected chi connectivity index (χ4v) is 3.46. The first kappa shape index (κ1) is 18.7. The van der Waals surface area contributed by atoms with Crippen molar-refractivity contribution < 1.29 is 9.59 Å². The number of imidazole rings is 1. The highest BCUT2D eigenvalue weighted by atomic mass is 16.2. The maximum atomic E-state index is 13.2. The van der Waals surface area contributed by atoms with Gasteiger partial charge in [-0.3, -0.25) is 24.5 Å². The van der Waals surface area contributed by atoms with E-state index in [0.717, 1.165) is 17.1 Å². The Morgan fingerprint density at radius 3 is 2.79 bits per heavy atom. The van der Waals surface area contributed by atoms with Gasteiger partial charge in [0.2, 0.25) is 5.91 Å². The average molecular weight is 391 g/mol. The molecular formula is C20H21N7O2. The minimum absolute atomic E-state index is 0.227.